The minimum Gasteiger partial charge on any atom is -0.370 e. The number of rotatable bonds is 8. The predicted octanol–water partition coefficient (Wildman–Crippen LogP) is 2.85. The Bertz CT molecular complexity index is 512. The van der Waals surface area contributed by atoms with Gasteiger partial charge in [-0.3, -0.25) is 0 Å². The molecule has 6 heteroatoms. The Labute approximate surface area is 119 Å². The number of nitrogens with zero attached hydrogens (tertiary/aromatic N) is 3. The molecule has 0 aliphatic rings. The maximum absolute atomic E-state index is 5.08. The third-order valence-electron chi connectivity index (χ3n) is 2.91. The molecule has 0 spiro atoms. The molecule has 2 N–H and O–H groups in total. The first-order valence-corrected chi connectivity index (χ1v) is 7.06. The standard InChI is InChI=1S/C14H21N5O/c1-3-5-12-13(15-7-4-2)17-10-18-14(12)16-9-11-6-8-19-20-11/h6,8,10H,3-5,7,9H2,1-2H3,(H2,15,16,17,18). The van der Waals surface area contributed by atoms with Gasteiger partial charge in [-0.25, -0.2) is 9.97 Å². The second-order valence-corrected chi connectivity index (χ2v) is 4.56. The zero-order chi connectivity index (χ0) is 14.2. The van der Waals surface area contributed by atoms with E-state index in [9.17, 15) is 0 Å². The van der Waals surface area contributed by atoms with Crippen LogP contribution in [0.5, 0.6) is 0 Å². The van der Waals surface area contributed by atoms with Crippen molar-refractivity contribution in [3.8, 4) is 0 Å². The molecule has 0 saturated heterocycles. The van der Waals surface area contributed by atoms with Crippen LogP contribution in [0.25, 0.3) is 0 Å². The topological polar surface area (TPSA) is 75.9 Å². The lowest BCUT2D eigenvalue weighted by Gasteiger charge is -2.14. The van der Waals surface area contributed by atoms with Gasteiger partial charge in [0.1, 0.15) is 18.0 Å². The van der Waals surface area contributed by atoms with E-state index in [1.165, 1.54) is 0 Å². The molecule has 0 amide bonds. The van der Waals surface area contributed by atoms with Crippen LogP contribution in [0.2, 0.25) is 0 Å². The summed E-state index contributed by atoms with van der Waals surface area (Å²) in [6.45, 7) is 5.77. The maximum Gasteiger partial charge on any atom is 0.155 e. The average molecular weight is 275 g/mol. The van der Waals surface area contributed by atoms with Crippen LogP contribution in [0.3, 0.4) is 0 Å². The molecular weight excluding hydrogens is 254 g/mol. The molecule has 0 aromatic carbocycles. The van der Waals surface area contributed by atoms with Gasteiger partial charge in [-0.05, 0) is 12.8 Å². The minimum atomic E-state index is 0.570. The van der Waals surface area contributed by atoms with Gasteiger partial charge in [-0.2, -0.15) is 0 Å². The van der Waals surface area contributed by atoms with Crippen molar-refractivity contribution in [1.29, 1.82) is 0 Å². The maximum atomic E-state index is 5.08. The van der Waals surface area contributed by atoms with Crippen molar-refractivity contribution in [1.82, 2.24) is 15.1 Å². The molecule has 0 aliphatic heterocycles. The fraction of sp³-hybridized carbons (Fsp3) is 0.500. The summed E-state index contributed by atoms with van der Waals surface area (Å²) >= 11 is 0. The summed E-state index contributed by atoms with van der Waals surface area (Å²) in [4.78, 5) is 8.68. The number of hydrogen-bond acceptors (Lipinski definition) is 6. The van der Waals surface area contributed by atoms with Crippen molar-refractivity contribution < 1.29 is 4.52 Å². The lowest BCUT2D eigenvalue weighted by Crippen LogP contribution is -2.10. The van der Waals surface area contributed by atoms with E-state index in [0.717, 1.165) is 48.8 Å². The van der Waals surface area contributed by atoms with Gasteiger partial charge < -0.3 is 15.2 Å². The summed E-state index contributed by atoms with van der Waals surface area (Å²) in [5, 5.41) is 10.3. The van der Waals surface area contributed by atoms with Gasteiger partial charge in [0.25, 0.3) is 0 Å². The van der Waals surface area contributed by atoms with Crippen molar-refractivity contribution in [3.63, 3.8) is 0 Å². The van der Waals surface area contributed by atoms with Crippen molar-refractivity contribution in [2.24, 2.45) is 0 Å². The van der Waals surface area contributed by atoms with E-state index in [-0.39, 0.29) is 0 Å². The Kier molecular flexibility index (Phi) is 5.34. The molecule has 0 radical (unpaired) electrons. The zero-order valence-corrected chi connectivity index (χ0v) is 12.0. The van der Waals surface area contributed by atoms with Crippen molar-refractivity contribution in [2.45, 2.75) is 39.7 Å². The van der Waals surface area contributed by atoms with E-state index in [2.05, 4.69) is 39.6 Å². The molecule has 2 rings (SSSR count). The number of hydrogen-bond donors (Lipinski definition) is 2. The van der Waals surface area contributed by atoms with Crippen molar-refractivity contribution in [3.05, 3.63) is 29.9 Å². The Hall–Kier alpha value is -2.11. The van der Waals surface area contributed by atoms with E-state index >= 15 is 0 Å². The van der Waals surface area contributed by atoms with E-state index in [4.69, 9.17) is 4.52 Å². The van der Waals surface area contributed by atoms with Gasteiger partial charge in [0.2, 0.25) is 0 Å². The van der Waals surface area contributed by atoms with Gasteiger partial charge >= 0.3 is 0 Å². The van der Waals surface area contributed by atoms with Crippen molar-refractivity contribution >= 4 is 11.6 Å². The summed E-state index contributed by atoms with van der Waals surface area (Å²) in [7, 11) is 0. The Morgan fingerprint density at radius 3 is 2.55 bits per heavy atom. The first-order valence-electron chi connectivity index (χ1n) is 7.06. The average Bonchev–Trinajstić information content (AvgIpc) is 2.98. The smallest absolute Gasteiger partial charge is 0.155 e. The highest BCUT2D eigenvalue weighted by atomic mass is 16.5. The summed E-state index contributed by atoms with van der Waals surface area (Å²) < 4.78 is 5.08. The molecule has 20 heavy (non-hydrogen) atoms. The zero-order valence-electron chi connectivity index (χ0n) is 12.0. The van der Waals surface area contributed by atoms with Gasteiger partial charge in [0, 0.05) is 18.2 Å². The Balaban J connectivity index is 2.13. The van der Waals surface area contributed by atoms with Crippen LogP contribution >= 0.6 is 0 Å². The van der Waals surface area contributed by atoms with E-state index in [1.54, 1.807) is 12.5 Å². The normalized spacial score (nSPS) is 10.5. The molecule has 6 nitrogen and oxygen atoms in total. The lowest BCUT2D eigenvalue weighted by molar-refractivity contribution is 0.388. The summed E-state index contributed by atoms with van der Waals surface area (Å²) in [5.41, 5.74) is 1.13. The van der Waals surface area contributed by atoms with Crippen LogP contribution in [-0.4, -0.2) is 21.7 Å². The largest absolute Gasteiger partial charge is 0.370 e. The molecule has 2 aromatic rings. The summed E-state index contributed by atoms with van der Waals surface area (Å²) in [6.07, 6.45) is 6.27. The molecular formula is C14H21N5O. The lowest BCUT2D eigenvalue weighted by atomic mass is 10.1. The summed E-state index contributed by atoms with van der Waals surface area (Å²) in [5.74, 6) is 2.56. The van der Waals surface area contributed by atoms with Crippen molar-refractivity contribution in [2.75, 3.05) is 17.2 Å². The van der Waals surface area contributed by atoms with Crippen LogP contribution in [0.4, 0.5) is 11.6 Å². The van der Waals surface area contributed by atoms with Crippen LogP contribution in [0.1, 0.15) is 38.0 Å². The predicted molar refractivity (Wildman–Crippen MR) is 78.6 cm³/mol. The molecule has 0 aliphatic carbocycles. The second kappa shape index (κ2) is 7.47. The highest BCUT2D eigenvalue weighted by molar-refractivity contribution is 5.57. The monoisotopic (exact) mass is 275 g/mol. The van der Waals surface area contributed by atoms with Crippen LogP contribution in [0, 0.1) is 0 Å². The number of anilines is 2. The first-order chi connectivity index (χ1) is 9.85. The highest BCUT2D eigenvalue weighted by Gasteiger charge is 2.10. The minimum absolute atomic E-state index is 0.570. The van der Waals surface area contributed by atoms with Crippen LogP contribution in [0.15, 0.2) is 23.1 Å². The van der Waals surface area contributed by atoms with Gasteiger partial charge in [-0.15, -0.1) is 0 Å². The van der Waals surface area contributed by atoms with E-state index < -0.39 is 0 Å². The molecule has 0 unspecified atom stereocenters. The molecule has 0 bridgehead atoms. The fourth-order valence-corrected chi connectivity index (χ4v) is 1.95. The van der Waals surface area contributed by atoms with Gasteiger partial charge in [-0.1, -0.05) is 25.4 Å². The second-order valence-electron chi connectivity index (χ2n) is 4.56. The third-order valence-corrected chi connectivity index (χ3v) is 2.91. The molecule has 0 atom stereocenters. The first kappa shape index (κ1) is 14.3. The molecule has 0 saturated carbocycles. The SMILES string of the molecule is CCCNc1ncnc(NCc2ccno2)c1CCC. The fourth-order valence-electron chi connectivity index (χ4n) is 1.95. The quantitative estimate of drug-likeness (QED) is 0.771. The van der Waals surface area contributed by atoms with E-state index in [0.29, 0.717) is 6.54 Å². The number of aromatic nitrogens is 3. The Morgan fingerprint density at radius 1 is 1.10 bits per heavy atom. The van der Waals surface area contributed by atoms with Crippen LogP contribution < -0.4 is 10.6 Å². The number of nitrogens with one attached hydrogen (secondary N) is 2. The molecule has 2 heterocycles. The highest BCUT2D eigenvalue weighted by Crippen LogP contribution is 2.22. The molecule has 2 aromatic heterocycles. The van der Waals surface area contributed by atoms with Gasteiger partial charge in [0.05, 0.1) is 12.7 Å². The van der Waals surface area contributed by atoms with Gasteiger partial charge in [0.15, 0.2) is 5.76 Å². The molecule has 0 fully saturated rings. The van der Waals surface area contributed by atoms with Crippen LogP contribution in [-0.2, 0) is 13.0 Å². The third kappa shape index (κ3) is 3.69. The molecule has 108 valence electrons. The Morgan fingerprint density at radius 2 is 1.90 bits per heavy atom. The summed E-state index contributed by atoms with van der Waals surface area (Å²) in [6, 6.07) is 1.84. The van der Waals surface area contributed by atoms with E-state index in [1.807, 2.05) is 6.07 Å².